The lowest BCUT2D eigenvalue weighted by atomic mass is 9.96. The lowest BCUT2D eigenvalue weighted by Crippen LogP contribution is -2.37. The summed E-state index contributed by atoms with van der Waals surface area (Å²) in [6, 6.07) is 6.65. The Morgan fingerprint density at radius 3 is 2.71 bits per heavy atom. The van der Waals surface area contributed by atoms with Crippen LogP contribution < -0.4 is 0 Å². The molecule has 4 heteroatoms. The Kier molecular flexibility index (Phi) is 4.51. The number of carbonyl (C=O) groups is 1. The van der Waals surface area contributed by atoms with E-state index in [1.54, 1.807) is 0 Å². The van der Waals surface area contributed by atoms with Gasteiger partial charge >= 0.3 is 5.97 Å². The number of alkyl halides is 1. The molecule has 0 amide bonds. The van der Waals surface area contributed by atoms with Gasteiger partial charge in [-0.3, -0.25) is 4.79 Å². The number of likely N-dealkylation sites (tertiary alicyclic amines) is 1. The maximum atomic E-state index is 11.0. The lowest BCUT2D eigenvalue weighted by molar-refractivity contribution is -0.143. The number of aliphatic carboxylic acids is 1. The summed E-state index contributed by atoms with van der Waals surface area (Å²) in [5.41, 5.74) is 4.14. The number of carboxylic acid groups (broad SMARTS) is 1. The number of nitrogens with zero attached hydrogens (tertiary/aromatic N) is 1. The molecule has 2 aliphatic rings. The summed E-state index contributed by atoms with van der Waals surface area (Å²) < 4.78 is 0. The van der Waals surface area contributed by atoms with Crippen molar-refractivity contribution in [2.24, 2.45) is 5.92 Å². The molecule has 3 rings (SSSR count). The average Bonchev–Trinajstić information content (AvgIpc) is 2.95. The molecule has 1 unspecified atom stereocenters. The normalized spacial score (nSPS) is 21.2. The highest BCUT2D eigenvalue weighted by Gasteiger charge is 2.26. The highest BCUT2D eigenvalue weighted by Crippen LogP contribution is 2.29. The molecule has 1 aromatic carbocycles. The van der Waals surface area contributed by atoms with E-state index in [0.717, 1.165) is 32.5 Å². The molecule has 0 aromatic heterocycles. The van der Waals surface area contributed by atoms with Gasteiger partial charge in [-0.2, -0.15) is 0 Å². The molecule has 1 N–H and O–H groups in total. The minimum Gasteiger partial charge on any atom is -0.481 e. The van der Waals surface area contributed by atoms with Crippen molar-refractivity contribution in [2.45, 2.75) is 37.5 Å². The van der Waals surface area contributed by atoms with Crippen LogP contribution in [0, 0.1) is 5.92 Å². The van der Waals surface area contributed by atoms with E-state index in [-0.39, 0.29) is 11.3 Å². The van der Waals surface area contributed by atoms with Gasteiger partial charge in [-0.25, -0.2) is 0 Å². The van der Waals surface area contributed by atoms with E-state index in [2.05, 4.69) is 23.1 Å². The monoisotopic (exact) mass is 307 g/mol. The second-order valence-corrected chi connectivity index (χ2v) is 6.79. The van der Waals surface area contributed by atoms with Gasteiger partial charge < -0.3 is 10.0 Å². The van der Waals surface area contributed by atoms with Crippen LogP contribution in [0.25, 0.3) is 0 Å². The molecule has 0 saturated carbocycles. The predicted octanol–water partition coefficient (Wildman–Crippen LogP) is 3.25. The minimum absolute atomic E-state index is 0.00252. The molecule has 3 nitrogen and oxygen atoms in total. The number of fused-ring (bicyclic) bond motifs is 1. The molecule has 1 fully saturated rings. The van der Waals surface area contributed by atoms with E-state index >= 15 is 0 Å². The third kappa shape index (κ3) is 3.41. The van der Waals surface area contributed by atoms with E-state index in [9.17, 15) is 4.79 Å². The zero-order chi connectivity index (χ0) is 14.8. The van der Waals surface area contributed by atoms with E-state index in [4.69, 9.17) is 16.7 Å². The molecule has 1 heterocycles. The molecule has 0 spiro atoms. The first kappa shape index (κ1) is 14.9. The fourth-order valence-corrected chi connectivity index (χ4v) is 3.81. The Morgan fingerprint density at radius 2 is 2.00 bits per heavy atom. The number of rotatable bonds is 4. The molecule has 0 bridgehead atoms. The Balaban J connectivity index is 1.57. The minimum atomic E-state index is -0.657. The van der Waals surface area contributed by atoms with E-state index < -0.39 is 5.97 Å². The van der Waals surface area contributed by atoms with Gasteiger partial charge in [0.15, 0.2) is 0 Å². The Labute approximate surface area is 130 Å². The number of hydrogen-bond acceptors (Lipinski definition) is 2. The maximum Gasteiger partial charge on any atom is 0.306 e. The first-order valence-corrected chi connectivity index (χ1v) is 8.28. The van der Waals surface area contributed by atoms with Crippen molar-refractivity contribution in [2.75, 3.05) is 19.6 Å². The molecular weight excluding hydrogens is 286 g/mol. The van der Waals surface area contributed by atoms with E-state index in [1.165, 1.54) is 36.0 Å². The maximum absolute atomic E-state index is 11.0. The molecule has 114 valence electrons. The fourth-order valence-electron chi connectivity index (χ4n) is 3.48. The van der Waals surface area contributed by atoms with Gasteiger partial charge in [-0.15, -0.1) is 11.6 Å². The van der Waals surface area contributed by atoms with Crippen molar-refractivity contribution in [1.29, 1.82) is 0 Å². The largest absolute Gasteiger partial charge is 0.481 e. The molecular formula is C17H22ClNO2. The van der Waals surface area contributed by atoms with Crippen LogP contribution in [0.3, 0.4) is 0 Å². The van der Waals surface area contributed by atoms with Crippen LogP contribution >= 0.6 is 11.6 Å². The quantitative estimate of drug-likeness (QED) is 0.868. The molecule has 21 heavy (non-hydrogen) atoms. The van der Waals surface area contributed by atoms with E-state index in [0.29, 0.717) is 0 Å². The predicted molar refractivity (Wildman–Crippen MR) is 83.9 cm³/mol. The summed E-state index contributed by atoms with van der Waals surface area (Å²) in [5.74, 6) is -0.828. The van der Waals surface area contributed by atoms with Crippen LogP contribution in [0.5, 0.6) is 0 Å². The summed E-state index contributed by atoms with van der Waals surface area (Å²) in [6.07, 6.45) is 5.11. The first-order chi connectivity index (χ1) is 10.1. The summed E-state index contributed by atoms with van der Waals surface area (Å²) >= 11 is 6.58. The van der Waals surface area contributed by atoms with Gasteiger partial charge in [-0.05, 0) is 61.9 Å². The Morgan fingerprint density at radius 1 is 1.29 bits per heavy atom. The molecule has 1 aliphatic carbocycles. The topological polar surface area (TPSA) is 40.5 Å². The third-order valence-electron chi connectivity index (χ3n) is 4.84. The smallest absolute Gasteiger partial charge is 0.306 e. The third-order valence-corrected chi connectivity index (χ3v) is 5.23. The van der Waals surface area contributed by atoms with Crippen molar-refractivity contribution in [1.82, 2.24) is 4.90 Å². The van der Waals surface area contributed by atoms with Gasteiger partial charge in [0.05, 0.1) is 11.3 Å². The van der Waals surface area contributed by atoms with Crippen LogP contribution in [0.1, 0.15) is 41.3 Å². The van der Waals surface area contributed by atoms with Crippen LogP contribution in [-0.4, -0.2) is 35.6 Å². The Bertz CT molecular complexity index is 524. The van der Waals surface area contributed by atoms with Gasteiger partial charge in [0.25, 0.3) is 0 Å². The SMILES string of the molecule is O=C(O)C1CCN(CC(Cl)c2ccc3c(c2)CCC3)CC1. The highest BCUT2D eigenvalue weighted by molar-refractivity contribution is 6.21. The second-order valence-electron chi connectivity index (χ2n) is 6.26. The van der Waals surface area contributed by atoms with Gasteiger partial charge in [0.1, 0.15) is 0 Å². The number of benzene rings is 1. The molecule has 1 saturated heterocycles. The van der Waals surface area contributed by atoms with Crippen molar-refractivity contribution in [3.05, 3.63) is 34.9 Å². The molecule has 1 aliphatic heterocycles. The van der Waals surface area contributed by atoms with Gasteiger partial charge in [-0.1, -0.05) is 18.2 Å². The zero-order valence-electron chi connectivity index (χ0n) is 12.2. The lowest BCUT2D eigenvalue weighted by Gasteiger charge is -2.31. The van der Waals surface area contributed by atoms with Crippen LogP contribution in [0.2, 0.25) is 0 Å². The molecule has 1 aromatic rings. The zero-order valence-corrected chi connectivity index (χ0v) is 13.0. The van der Waals surface area contributed by atoms with E-state index in [1.807, 2.05) is 0 Å². The standard InChI is InChI=1S/C17H22ClNO2/c18-16(11-19-8-6-13(7-9-19)17(20)21)15-5-4-12-2-1-3-14(12)10-15/h4-5,10,13,16H,1-3,6-9,11H2,(H,20,21). The number of aryl methyl sites for hydroxylation is 2. The van der Waals surface area contributed by atoms with Crippen LogP contribution in [0.15, 0.2) is 18.2 Å². The number of halogens is 1. The fraction of sp³-hybridized carbons (Fsp3) is 0.588. The van der Waals surface area contributed by atoms with Crippen LogP contribution in [0.4, 0.5) is 0 Å². The number of carboxylic acids is 1. The summed E-state index contributed by atoms with van der Waals surface area (Å²) in [6.45, 7) is 2.49. The Hall–Kier alpha value is -1.06. The average molecular weight is 308 g/mol. The van der Waals surface area contributed by atoms with Crippen molar-refractivity contribution in [3.8, 4) is 0 Å². The second kappa shape index (κ2) is 6.37. The molecule has 0 radical (unpaired) electrons. The van der Waals surface area contributed by atoms with Crippen LogP contribution in [-0.2, 0) is 17.6 Å². The summed E-state index contributed by atoms with van der Waals surface area (Å²) in [4.78, 5) is 13.3. The van der Waals surface area contributed by atoms with Crippen molar-refractivity contribution < 1.29 is 9.90 Å². The van der Waals surface area contributed by atoms with Crippen molar-refractivity contribution >= 4 is 17.6 Å². The van der Waals surface area contributed by atoms with Crippen molar-refractivity contribution in [3.63, 3.8) is 0 Å². The van der Waals surface area contributed by atoms with Gasteiger partial charge in [0, 0.05) is 6.54 Å². The molecule has 1 atom stereocenters. The number of hydrogen-bond donors (Lipinski definition) is 1. The summed E-state index contributed by atoms with van der Waals surface area (Å²) in [5, 5.41) is 9.03. The highest BCUT2D eigenvalue weighted by atomic mass is 35.5. The summed E-state index contributed by atoms with van der Waals surface area (Å²) in [7, 11) is 0. The number of piperidine rings is 1. The van der Waals surface area contributed by atoms with Gasteiger partial charge in [0.2, 0.25) is 0 Å². The first-order valence-electron chi connectivity index (χ1n) is 7.84.